The molecule has 228 valence electrons. The molecule has 0 aliphatic rings. The van der Waals surface area contributed by atoms with E-state index in [1.165, 1.54) is 0 Å². The van der Waals surface area contributed by atoms with Crippen LogP contribution in [0.15, 0.2) is 48.5 Å². The number of benzene rings is 2. The molecule has 0 bridgehead atoms. The molecular weight excluding hydrogens is 522 g/mol. The molecule has 0 spiro atoms. The average Bonchev–Trinajstić information content (AvgIpc) is 2.92. The van der Waals surface area contributed by atoms with E-state index in [0.717, 1.165) is 22.6 Å². The summed E-state index contributed by atoms with van der Waals surface area (Å²) in [5, 5.41) is 10.0. The van der Waals surface area contributed by atoms with Crippen molar-refractivity contribution >= 4 is 11.9 Å². The molecule has 0 aromatic heterocycles. The third-order valence-corrected chi connectivity index (χ3v) is 6.01. The molecule has 2 rings (SSSR count). The molecule has 2 atom stereocenters. The molecule has 0 heterocycles. The van der Waals surface area contributed by atoms with Crippen LogP contribution in [-0.4, -0.2) is 75.6 Å². The number of hydrogen-bond donors (Lipinski definition) is 3. The summed E-state index contributed by atoms with van der Waals surface area (Å²) in [5.74, 6) is 1.08. The molecule has 2 aromatic carbocycles. The van der Waals surface area contributed by atoms with Gasteiger partial charge in [0.1, 0.15) is 23.6 Å². The maximum atomic E-state index is 12.7. The van der Waals surface area contributed by atoms with E-state index in [2.05, 4.69) is 16.0 Å². The summed E-state index contributed by atoms with van der Waals surface area (Å²) in [4.78, 5) is 25.4. The number of carbonyl (C=O) groups is 2. The van der Waals surface area contributed by atoms with E-state index in [-0.39, 0.29) is 24.1 Å². The minimum atomic E-state index is -0.459. The van der Waals surface area contributed by atoms with Gasteiger partial charge in [-0.3, -0.25) is 9.59 Å². The van der Waals surface area contributed by atoms with Crippen LogP contribution in [0.2, 0.25) is 0 Å². The third-order valence-electron chi connectivity index (χ3n) is 6.01. The highest BCUT2D eigenvalue weighted by Gasteiger charge is 2.22. The molecule has 0 saturated carbocycles. The lowest BCUT2D eigenvalue weighted by Crippen LogP contribution is -2.45. The molecule has 41 heavy (non-hydrogen) atoms. The number of hydrogen-bond acceptors (Lipinski definition) is 9. The second-order valence-electron chi connectivity index (χ2n) is 10.3. The van der Waals surface area contributed by atoms with Crippen LogP contribution in [0, 0.1) is 0 Å². The van der Waals surface area contributed by atoms with Crippen molar-refractivity contribution in [3.05, 3.63) is 59.7 Å². The SMILES string of the molecule is CCOc1ccc(CC(NCCNCCNC(Cc2ccc(OCC)cc2)C(=O)OC(C)C)C(=O)OC(C)C)cc1. The van der Waals surface area contributed by atoms with Gasteiger partial charge < -0.3 is 34.9 Å². The molecule has 0 saturated heterocycles. The summed E-state index contributed by atoms with van der Waals surface area (Å²) in [7, 11) is 0. The number of esters is 2. The van der Waals surface area contributed by atoms with Crippen LogP contribution in [0.1, 0.15) is 52.7 Å². The van der Waals surface area contributed by atoms with Crippen molar-refractivity contribution in [1.29, 1.82) is 0 Å². The molecule has 0 aliphatic heterocycles. The molecular formula is C32H49N3O6. The Hall–Kier alpha value is -3.14. The van der Waals surface area contributed by atoms with E-state index in [4.69, 9.17) is 18.9 Å². The summed E-state index contributed by atoms with van der Waals surface area (Å²) < 4.78 is 22.0. The minimum Gasteiger partial charge on any atom is -0.494 e. The molecule has 3 N–H and O–H groups in total. The van der Waals surface area contributed by atoms with E-state index >= 15 is 0 Å². The Bertz CT molecular complexity index is 930. The van der Waals surface area contributed by atoms with Gasteiger partial charge in [-0.2, -0.15) is 0 Å². The van der Waals surface area contributed by atoms with Gasteiger partial charge in [0.05, 0.1) is 25.4 Å². The van der Waals surface area contributed by atoms with Crippen molar-refractivity contribution in [3.8, 4) is 11.5 Å². The Morgan fingerprint density at radius 3 is 1.29 bits per heavy atom. The van der Waals surface area contributed by atoms with Gasteiger partial charge in [-0.25, -0.2) is 0 Å². The highest BCUT2D eigenvalue weighted by atomic mass is 16.5. The van der Waals surface area contributed by atoms with Gasteiger partial charge in [-0.15, -0.1) is 0 Å². The maximum Gasteiger partial charge on any atom is 0.323 e. The Labute approximate surface area is 245 Å². The van der Waals surface area contributed by atoms with Crippen molar-refractivity contribution in [3.63, 3.8) is 0 Å². The Morgan fingerprint density at radius 2 is 0.976 bits per heavy atom. The standard InChI is InChI=1S/C32H49N3O6/c1-7-38-27-13-9-25(10-14-27)21-29(31(36)40-23(3)4)34-19-17-33-18-20-35-30(32(37)41-24(5)6)22-26-11-15-28(16-12-26)39-8-2/h9-16,23-24,29-30,33-35H,7-8,17-22H2,1-6H3. The number of nitrogens with one attached hydrogen (secondary N) is 3. The van der Waals surface area contributed by atoms with Gasteiger partial charge in [0, 0.05) is 26.2 Å². The van der Waals surface area contributed by atoms with Gasteiger partial charge >= 0.3 is 11.9 Å². The van der Waals surface area contributed by atoms with Crippen LogP contribution in [-0.2, 0) is 31.9 Å². The lowest BCUT2D eigenvalue weighted by molar-refractivity contribution is -0.150. The first-order chi connectivity index (χ1) is 19.7. The van der Waals surface area contributed by atoms with E-state index in [9.17, 15) is 9.59 Å². The predicted octanol–water partition coefficient (Wildman–Crippen LogP) is 3.68. The molecule has 0 amide bonds. The van der Waals surface area contributed by atoms with Crippen LogP contribution in [0.4, 0.5) is 0 Å². The molecule has 9 heteroatoms. The van der Waals surface area contributed by atoms with Crippen LogP contribution in [0.25, 0.3) is 0 Å². The Balaban J connectivity index is 1.82. The molecule has 2 unspecified atom stereocenters. The zero-order valence-corrected chi connectivity index (χ0v) is 25.5. The third kappa shape index (κ3) is 13.9. The first kappa shape index (κ1) is 34.1. The monoisotopic (exact) mass is 571 g/mol. The van der Waals surface area contributed by atoms with E-state index in [1.807, 2.05) is 90.1 Å². The first-order valence-electron chi connectivity index (χ1n) is 14.7. The van der Waals surface area contributed by atoms with Crippen LogP contribution in [0.3, 0.4) is 0 Å². The number of rotatable bonds is 20. The quantitative estimate of drug-likeness (QED) is 0.162. The summed E-state index contributed by atoms with van der Waals surface area (Å²) >= 11 is 0. The summed E-state index contributed by atoms with van der Waals surface area (Å²) in [6.45, 7) is 15.0. The van der Waals surface area contributed by atoms with E-state index in [0.29, 0.717) is 52.2 Å². The topological polar surface area (TPSA) is 107 Å². The number of carbonyl (C=O) groups excluding carboxylic acids is 2. The Morgan fingerprint density at radius 1 is 0.610 bits per heavy atom. The lowest BCUT2D eigenvalue weighted by Gasteiger charge is -2.21. The van der Waals surface area contributed by atoms with E-state index in [1.54, 1.807) is 0 Å². The second kappa shape index (κ2) is 19.1. The van der Waals surface area contributed by atoms with Crippen molar-refractivity contribution in [1.82, 2.24) is 16.0 Å². The highest BCUT2D eigenvalue weighted by Crippen LogP contribution is 2.15. The fraction of sp³-hybridized carbons (Fsp3) is 0.562. The largest absolute Gasteiger partial charge is 0.494 e. The van der Waals surface area contributed by atoms with Crippen molar-refractivity contribution < 1.29 is 28.5 Å². The maximum absolute atomic E-state index is 12.7. The van der Waals surface area contributed by atoms with Crippen LogP contribution < -0.4 is 25.4 Å². The second-order valence-corrected chi connectivity index (χ2v) is 10.3. The smallest absolute Gasteiger partial charge is 0.323 e. The average molecular weight is 572 g/mol. The highest BCUT2D eigenvalue weighted by molar-refractivity contribution is 5.77. The van der Waals surface area contributed by atoms with Crippen molar-refractivity contribution in [2.24, 2.45) is 0 Å². The molecule has 9 nitrogen and oxygen atoms in total. The zero-order chi connectivity index (χ0) is 30.0. The van der Waals surface area contributed by atoms with Gasteiger partial charge in [0.25, 0.3) is 0 Å². The Kier molecular flexibility index (Phi) is 15.8. The van der Waals surface area contributed by atoms with Gasteiger partial charge in [-0.05, 0) is 89.8 Å². The molecule has 0 radical (unpaired) electrons. The molecule has 0 aliphatic carbocycles. The lowest BCUT2D eigenvalue weighted by atomic mass is 10.1. The normalized spacial score (nSPS) is 12.7. The van der Waals surface area contributed by atoms with Crippen molar-refractivity contribution in [2.75, 3.05) is 39.4 Å². The zero-order valence-electron chi connectivity index (χ0n) is 25.5. The van der Waals surface area contributed by atoms with Crippen LogP contribution >= 0.6 is 0 Å². The van der Waals surface area contributed by atoms with Gasteiger partial charge in [0.15, 0.2) is 0 Å². The fourth-order valence-corrected chi connectivity index (χ4v) is 4.15. The summed E-state index contributed by atoms with van der Waals surface area (Å²) in [6.07, 6.45) is 0.665. The summed E-state index contributed by atoms with van der Waals surface area (Å²) in [6, 6.07) is 14.6. The van der Waals surface area contributed by atoms with Crippen LogP contribution in [0.5, 0.6) is 11.5 Å². The number of ether oxygens (including phenoxy) is 4. The van der Waals surface area contributed by atoms with Gasteiger partial charge in [-0.1, -0.05) is 24.3 Å². The fourth-order valence-electron chi connectivity index (χ4n) is 4.15. The molecule has 0 fully saturated rings. The van der Waals surface area contributed by atoms with E-state index < -0.39 is 12.1 Å². The predicted molar refractivity (Wildman–Crippen MR) is 162 cm³/mol. The first-order valence-corrected chi connectivity index (χ1v) is 14.7. The van der Waals surface area contributed by atoms with Gasteiger partial charge in [0.2, 0.25) is 0 Å². The molecule has 2 aromatic rings. The van der Waals surface area contributed by atoms with Crippen molar-refractivity contribution in [2.45, 2.75) is 78.7 Å². The summed E-state index contributed by atoms with van der Waals surface area (Å²) in [5.41, 5.74) is 2.05. The minimum absolute atomic E-state index is 0.186.